The molecule has 2 aromatic rings. The number of nitrogens with one attached hydrogen (secondary N) is 1. The Morgan fingerprint density at radius 1 is 1.30 bits per heavy atom. The lowest BCUT2D eigenvalue weighted by atomic mass is 10.2. The monoisotopic (exact) mass is 277 g/mol. The average molecular weight is 277 g/mol. The third-order valence-corrected chi connectivity index (χ3v) is 3.32. The zero-order chi connectivity index (χ0) is 14.4. The largest absolute Gasteiger partial charge is 0.492 e. The second-order valence-corrected chi connectivity index (χ2v) is 4.77. The Bertz CT molecular complexity index is 498. The molecule has 0 spiro atoms. The topological polar surface area (TPSA) is 39.1 Å². The Morgan fingerprint density at radius 3 is 2.70 bits per heavy atom. The fraction of sp³-hybridized carbons (Fsp3) is 0.400. The number of nitrogens with zero attached hydrogens (tertiary/aromatic N) is 2. The van der Waals surface area contributed by atoms with E-state index in [4.69, 9.17) is 4.74 Å². The van der Waals surface area contributed by atoms with Crippen LogP contribution >= 0.6 is 0 Å². The van der Waals surface area contributed by atoms with Gasteiger partial charge in [0.2, 0.25) is 0 Å². The summed E-state index contributed by atoms with van der Waals surface area (Å²) in [7, 11) is 0. The summed E-state index contributed by atoms with van der Waals surface area (Å²) in [5.74, 6) is 0.429. The van der Waals surface area contributed by atoms with Crippen LogP contribution in [0.15, 0.2) is 42.7 Å². The van der Waals surface area contributed by atoms with Gasteiger partial charge in [0.25, 0.3) is 0 Å². The second kappa shape index (κ2) is 7.05. The number of ether oxygens (including phenoxy) is 1. The maximum Gasteiger partial charge on any atom is 0.123 e. The summed E-state index contributed by atoms with van der Waals surface area (Å²) in [6.45, 7) is 5.50. The summed E-state index contributed by atoms with van der Waals surface area (Å²) in [4.78, 5) is 0. The zero-order valence-electron chi connectivity index (χ0n) is 11.8. The molecule has 108 valence electrons. The number of hydrogen-bond acceptors (Lipinski definition) is 3. The molecule has 0 amide bonds. The van der Waals surface area contributed by atoms with Gasteiger partial charge >= 0.3 is 0 Å². The molecule has 20 heavy (non-hydrogen) atoms. The van der Waals surface area contributed by atoms with Gasteiger partial charge in [0.05, 0.1) is 6.04 Å². The molecular formula is C15H20FN3O. The molecule has 0 bridgehead atoms. The van der Waals surface area contributed by atoms with E-state index in [-0.39, 0.29) is 17.9 Å². The van der Waals surface area contributed by atoms with E-state index in [1.165, 1.54) is 12.1 Å². The van der Waals surface area contributed by atoms with Gasteiger partial charge in [-0.3, -0.25) is 4.68 Å². The molecule has 1 N–H and O–H groups in total. The SMILES string of the molecule is C[C@H](NCCOc1ccc(F)cc1)[C@@H](C)n1cccn1. The highest BCUT2D eigenvalue weighted by Gasteiger charge is 2.12. The van der Waals surface area contributed by atoms with Crippen molar-refractivity contribution in [2.75, 3.05) is 13.2 Å². The van der Waals surface area contributed by atoms with Crippen LogP contribution in [-0.2, 0) is 0 Å². The molecule has 1 heterocycles. The van der Waals surface area contributed by atoms with Gasteiger partial charge in [0.15, 0.2) is 0 Å². The van der Waals surface area contributed by atoms with E-state index in [0.717, 1.165) is 6.54 Å². The Morgan fingerprint density at radius 2 is 2.05 bits per heavy atom. The molecule has 4 nitrogen and oxygen atoms in total. The first kappa shape index (κ1) is 14.5. The van der Waals surface area contributed by atoms with Crippen LogP contribution in [0, 0.1) is 5.82 Å². The molecule has 0 unspecified atom stereocenters. The van der Waals surface area contributed by atoms with Gasteiger partial charge in [-0.05, 0) is 44.2 Å². The Hall–Kier alpha value is -1.88. The lowest BCUT2D eigenvalue weighted by Crippen LogP contribution is -2.36. The minimum Gasteiger partial charge on any atom is -0.492 e. The lowest BCUT2D eigenvalue weighted by Gasteiger charge is -2.21. The highest BCUT2D eigenvalue weighted by Crippen LogP contribution is 2.11. The number of aromatic nitrogens is 2. The fourth-order valence-corrected chi connectivity index (χ4v) is 1.91. The van der Waals surface area contributed by atoms with Crippen molar-refractivity contribution < 1.29 is 9.13 Å². The molecule has 5 heteroatoms. The van der Waals surface area contributed by atoms with Crippen molar-refractivity contribution in [3.8, 4) is 5.75 Å². The fourth-order valence-electron chi connectivity index (χ4n) is 1.91. The van der Waals surface area contributed by atoms with Gasteiger partial charge in [0.1, 0.15) is 18.2 Å². The lowest BCUT2D eigenvalue weighted by molar-refractivity contribution is 0.288. The van der Waals surface area contributed by atoms with Crippen LogP contribution in [0.2, 0.25) is 0 Å². The van der Waals surface area contributed by atoms with Gasteiger partial charge in [-0.1, -0.05) is 0 Å². The van der Waals surface area contributed by atoms with E-state index >= 15 is 0 Å². The Kier molecular flexibility index (Phi) is 5.12. The Balaban J connectivity index is 1.69. The van der Waals surface area contributed by atoms with Crippen molar-refractivity contribution in [1.29, 1.82) is 0 Å². The third-order valence-electron chi connectivity index (χ3n) is 3.32. The first-order valence-electron chi connectivity index (χ1n) is 6.77. The van der Waals surface area contributed by atoms with Crippen molar-refractivity contribution >= 4 is 0 Å². The molecule has 0 aliphatic heterocycles. The average Bonchev–Trinajstić information content (AvgIpc) is 2.98. The predicted molar refractivity (Wildman–Crippen MR) is 76.3 cm³/mol. The first-order valence-corrected chi connectivity index (χ1v) is 6.77. The van der Waals surface area contributed by atoms with Crippen molar-refractivity contribution in [2.45, 2.75) is 25.9 Å². The van der Waals surface area contributed by atoms with Crippen LogP contribution in [0.1, 0.15) is 19.9 Å². The molecule has 0 saturated heterocycles. The smallest absolute Gasteiger partial charge is 0.123 e. The van der Waals surface area contributed by atoms with Crippen LogP contribution in [0.5, 0.6) is 5.75 Å². The van der Waals surface area contributed by atoms with Crippen molar-refractivity contribution in [1.82, 2.24) is 15.1 Å². The standard InChI is InChI=1S/C15H20FN3O/c1-12(13(2)19-10-3-8-18-19)17-9-11-20-15-6-4-14(16)5-7-15/h3-8,10,12-13,17H,9,11H2,1-2H3/t12-,13+/m0/s1. The van der Waals surface area contributed by atoms with E-state index in [9.17, 15) is 4.39 Å². The van der Waals surface area contributed by atoms with Gasteiger partial charge in [0, 0.05) is 25.0 Å². The normalized spacial score (nSPS) is 13.9. The van der Waals surface area contributed by atoms with Crippen LogP contribution in [-0.4, -0.2) is 29.0 Å². The Labute approximate surface area is 118 Å². The van der Waals surface area contributed by atoms with E-state index < -0.39 is 0 Å². The molecule has 0 saturated carbocycles. The quantitative estimate of drug-likeness (QED) is 0.791. The highest BCUT2D eigenvalue weighted by molar-refractivity contribution is 5.21. The van der Waals surface area contributed by atoms with E-state index in [1.54, 1.807) is 18.3 Å². The van der Waals surface area contributed by atoms with Crippen molar-refractivity contribution in [2.24, 2.45) is 0 Å². The molecule has 0 fully saturated rings. The van der Waals surface area contributed by atoms with E-state index in [2.05, 4.69) is 24.3 Å². The molecule has 2 atom stereocenters. The maximum atomic E-state index is 12.7. The number of rotatable bonds is 7. The third kappa shape index (κ3) is 4.06. The minimum absolute atomic E-state index is 0.253. The summed E-state index contributed by atoms with van der Waals surface area (Å²) < 4.78 is 20.2. The van der Waals surface area contributed by atoms with Gasteiger partial charge in [-0.2, -0.15) is 5.10 Å². The van der Waals surface area contributed by atoms with Crippen LogP contribution in [0.3, 0.4) is 0 Å². The second-order valence-electron chi connectivity index (χ2n) is 4.77. The number of halogens is 1. The molecule has 0 aliphatic carbocycles. The van der Waals surface area contributed by atoms with Crippen LogP contribution in [0.4, 0.5) is 4.39 Å². The molecular weight excluding hydrogens is 257 g/mol. The maximum absolute atomic E-state index is 12.7. The summed E-state index contributed by atoms with van der Waals surface area (Å²) >= 11 is 0. The summed E-state index contributed by atoms with van der Waals surface area (Å²) in [5.41, 5.74) is 0. The van der Waals surface area contributed by atoms with Gasteiger partial charge in [-0.25, -0.2) is 4.39 Å². The van der Waals surface area contributed by atoms with Crippen LogP contribution < -0.4 is 10.1 Å². The number of hydrogen-bond donors (Lipinski definition) is 1. The van der Waals surface area contributed by atoms with Gasteiger partial charge in [-0.15, -0.1) is 0 Å². The summed E-state index contributed by atoms with van der Waals surface area (Å²) in [6.07, 6.45) is 3.73. The molecule has 1 aromatic carbocycles. The van der Waals surface area contributed by atoms with Crippen molar-refractivity contribution in [3.63, 3.8) is 0 Å². The highest BCUT2D eigenvalue weighted by atomic mass is 19.1. The van der Waals surface area contributed by atoms with Crippen LogP contribution in [0.25, 0.3) is 0 Å². The molecule has 0 aliphatic rings. The molecule has 1 aromatic heterocycles. The number of benzene rings is 1. The summed E-state index contributed by atoms with van der Waals surface area (Å²) in [5, 5.41) is 7.62. The molecule has 2 rings (SSSR count). The first-order chi connectivity index (χ1) is 9.66. The van der Waals surface area contributed by atoms with Crippen molar-refractivity contribution in [3.05, 3.63) is 48.5 Å². The van der Waals surface area contributed by atoms with E-state index in [1.807, 2.05) is 16.9 Å². The minimum atomic E-state index is -0.253. The zero-order valence-corrected chi connectivity index (χ0v) is 11.8. The predicted octanol–water partition coefficient (Wildman–Crippen LogP) is 2.64. The van der Waals surface area contributed by atoms with E-state index in [0.29, 0.717) is 12.4 Å². The van der Waals surface area contributed by atoms with Gasteiger partial charge < -0.3 is 10.1 Å². The summed E-state index contributed by atoms with van der Waals surface area (Å²) in [6, 6.07) is 8.52. The molecule has 0 radical (unpaired) electrons.